The van der Waals surface area contributed by atoms with Crippen LogP contribution in [0.2, 0.25) is 0 Å². The van der Waals surface area contributed by atoms with Crippen molar-refractivity contribution in [2.24, 2.45) is 5.92 Å². The maximum atomic E-state index is 12.5. The Hall–Kier alpha value is -2.74. The molecule has 7 nitrogen and oxygen atoms in total. The predicted octanol–water partition coefficient (Wildman–Crippen LogP) is 3.01. The van der Waals surface area contributed by atoms with Crippen molar-refractivity contribution < 1.29 is 19.1 Å². The van der Waals surface area contributed by atoms with Crippen LogP contribution >= 0.6 is 11.3 Å². The molecule has 0 aliphatic rings. The number of carbonyl (C=O) groups is 3. The lowest BCUT2D eigenvalue weighted by atomic mass is 10.0. The van der Waals surface area contributed by atoms with Gasteiger partial charge in [0, 0.05) is 24.4 Å². The van der Waals surface area contributed by atoms with Crippen molar-refractivity contribution in [1.82, 2.24) is 10.3 Å². The lowest BCUT2D eigenvalue weighted by molar-refractivity contribution is -0.148. The van der Waals surface area contributed by atoms with E-state index in [0.717, 1.165) is 0 Å². The van der Waals surface area contributed by atoms with Crippen molar-refractivity contribution in [2.45, 2.75) is 40.3 Å². The summed E-state index contributed by atoms with van der Waals surface area (Å²) in [5.41, 5.74) is 1.04. The number of ether oxygens (including phenoxy) is 1. The van der Waals surface area contributed by atoms with Gasteiger partial charge >= 0.3 is 5.97 Å². The summed E-state index contributed by atoms with van der Waals surface area (Å²) in [5.74, 6) is -1.08. The monoisotopic (exact) mass is 403 g/mol. The minimum Gasteiger partial charge on any atom is -0.458 e. The van der Waals surface area contributed by atoms with Crippen LogP contribution in [0, 0.1) is 5.92 Å². The number of carbonyl (C=O) groups excluding carboxylic acids is 3. The molecule has 1 aromatic carbocycles. The van der Waals surface area contributed by atoms with Gasteiger partial charge in [-0.15, -0.1) is 11.3 Å². The molecule has 2 amide bonds. The third-order valence-corrected chi connectivity index (χ3v) is 4.98. The first-order valence-corrected chi connectivity index (χ1v) is 9.96. The molecule has 0 bridgehead atoms. The molecule has 1 atom stereocenters. The van der Waals surface area contributed by atoms with Crippen molar-refractivity contribution in [1.29, 1.82) is 0 Å². The van der Waals surface area contributed by atoms with E-state index >= 15 is 0 Å². The van der Waals surface area contributed by atoms with Crippen molar-refractivity contribution in [3.63, 3.8) is 0 Å². The number of amides is 2. The molecule has 0 radical (unpaired) electrons. The number of nitrogens with one attached hydrogen (secondary N) is 1. The second-order valence-corrected chi connectivity index (χ2v) is 7.39. The second kappa shape index (κ2) is 9.98. The number of aromatic nitrogens is 1. The largest absolute Gasteiger partial charge is 0.458 e. The van der Waals surface area contributed by atoms with E-state index in [-0.39, 0.29) is 24.3 Å². The summed E-state index contributed by atoms with van der Waals surface area (Å²) in [6.45, 7) is 7.52. The van der Waals surface area contributed by atoms with Gasteiger partial charge in [0.1, 0.15) is 12.6 Å². The van der Waals surface area contributed by atoms with Gasteiger partial charge in [0.05, 0.1) is 5.69 Å². The molecular weight excluding hydrogens is 378 g/mol. The maximum Gasteiger partial charge on any atom is 0.329 e. The van der Waals surface area contributed by atoms with Crippen molar-refractivity contribution in [3.8, 4) is 0 Å². The molecule has 2 aromatic rings. The second-order valence-electron chi connectivity index (χ2n) is 6.55. The number of nitrogens with zero attached hydrogens (tertiary/aromatic N) is 2. The van der Waals surface area contributed by atoms with Crippen LogP contribution in [0.3, 0.4) is 0 Å². The molecule has 0 fully saturated rings. The van der Waals surface area contributed by atoms with Crippen LogP contribution in [0.25, 0.3) is 0 Å². The normalized spacial score (nSPS) is 11.8. The van der Waals surface area contributed by atoms with Gasteiger partial charge in [0.2, 0.25) is 5.91 Å². The average molecular weight is 404 g/mol. The number of thiazole rings is 1. The Balaban J connectivity index is 1.98. The molecule has 0 saturated carbocycles. The predicted molar refractivity (Wildman–Crippen MR) is 108 cm³/mol. The van der Waals surface area contributed by atoms with Gasteiger partial charge in [-0.25, -0.2) is 9.78 Å². The van der Waals surface area contributed by atoms with E-state index in [9.17, 15) is 14.4 Å². The van der Waals surface area contributed by atoms with Gasteiger partial charge in [0.25, 0.3) is 5.91 Å². The molecule has 0 aliphatic heterocycles. The van der Waals surface area contributed by atoms with Crippen molar-refractivity contribution >= 4 is 34.3 Å². The molecule has 1 N–H and O–H groups in total. The van der Waals surface area contributed by atoms with Gasteiger partial charge in [-0.2, -0.15) is 0 Å². The zero-order valence-corrected chi connectivity index (χ0v) is 17.3. The van der Waals surface area contributed by atoms with Crippen molar-refractivity contribution in [3.05, 3.63) is 47.0 Å². The first-order chi connectivity index (χ1) is 13.3. The van der Waals surface area contributed by atoms with Crippen LogP contribution in [-0.4, -0.2) is 35.4 Å². The lowest BCUT2D eigenvalue weighted by Crippen LogP contribution is -2.45. The van der Waals surface area contributed by atoms with Crippen LogP contribution in [0.15, 0.2) is 35.7 Å². The molecule has 8 heteroatoms. The molecular formula is C20H25N3O4S. The summed E-state index contributed by atoms with van der Waals surface area (Å²) < 4.78 is 5.36. The Bertz CT molecular complexity index is 820. The Kier molecular flexibility index (Phi) is 7.69. The van der Waals surface area contributed by atoms with E-state index < -0.39 is 12.0 Å². The summed E-state index contributed by atoms with van der Waals surface area (Å²) in [6.07, 6.45) is 0. The summed E-state index contributed by atoms with van der Waals surface area (Å²) in [7, 11) is 0. The van der Waals surface area contributed by atoms with Crippen LogP contribution in [-0.2, 0) is 20.9 Å². The fraction of sp³-hybridized carbons (Fsp3) is 0.400. The quantitative estimate of drug-likeness (QED) is 0.685. The van der Waals surface area contributed by atoms with E-state index in [1.165, 1.54) is 18.3 Å². The topological polar surface area (TPSA) is 88.6 Å². The number of esters is 1. The SMILES string of the molecule is CCN(C(C)=O)c1nc(COC(=O)[C@@H](NC(=O)c2ccccc2)C(C)C)cs1. The van der Waals surface area contributed by atoms with E-state index in [2.05, 4.69) is 10.3 Å². The van der Waals surface area contributed by atoms with Gasteiger partial charge in [-0.05, 0) is 25.0 Å². The molecule has 0 unspecified atom stereocenters. The molecule has 2 rings (SSSR count). The van der Waals surface area contributed by atoms with E-state index in [4.69, 9.17) is 4.74 Å². The third-order valence-electron chi connectivity index (χ3n) is 4.07. The summed E-state index contributed by atoms with van der Waals surface area (Å²) in [4.78, 5) is 42.3. The van der Waals surface area contributed by atoms with Crippen LogP contribution < -0.4 is 10.2 Å². The number of hydrogen-bond acceptors (Lipinski definition) is 6. The summed E-state index contributed by atoms with van der Waals surface area (Å²) in [5, 5.41) is 5.05. The van der Waals surface area contributed by atoms with Crippen LogP contribution in [0.4, 0.5) is 5.13 Å². The van der Waals surface area contributed by atoms with Crippen LogP contribution in [0.1, 0.15) is 43.7 Å². The van der Waals surface area contributed by atoms with E-state index in [0.29, 0.717) is 22.9 Å². The molecule has 1 heterocycles. The smallest absolute Gasteiger partial charge is 0.329 e. The third kappa shape index (κ3) is 5.63. The first-order valence-electron chi connectivity index (χ1n) is 9.08. The first kappa shape index (κ1) is 21.6. The minimum atomic E-state index is -0.768. The maximum absolute atomic E-state index is 12.5. The Morgan fingerprint density at radius 2 is 1.89 bits per heavy atom. The molecule has 0 saturated heterocycles. The zero-order chi connectivity index (χ0) is 20.7. The van der Waals surface area contributed by atoms with Gasteiger partial charge in [0.15, 0.2) is 5.13 Å². The summed E-state index contributed by atoms with van der Waals surface area (Å²) >= 11 is 1.32. The fourth-order valence-electron chi connectivity index (χ4n) is 2.53. The minimum absolute atomic E-state index is 0.0186. The van der Waals surface area contributed by atoms with Gasteiger partial charge in [-0.1, -0.05) is 32.0 Å². The van der Waals surface area contributed by atoms with E-state index in [1.54, 1.807) is 34.5 Å². The fourth-order valence-corrected chi connectivity index (χ4v) is 3.44. The molecule has 150 valence electrons. The zero-order valence-electron chi connectivity index (χ0n) is 16.5. The Morgan fingerprint density at radius 1 is 1.21 bits per heavy atom. The highest BCUT2D eigenvalue weighted by Gasteiger charge is 2.26. The lowest BCUT2D eigenvalue weighted by Gasteiger charge is -2.20. The highest BCUT2D eigenvalue weighted by atomic mass is 32.1. The van der Waals surface area contributed by atoms with E-state index in [1.807, 2.05) is 26.8 Å². The van der Waals surface area contributed by atoms with Gasteiger partial charge in [-0.3, -0.25) is 14.5 Å². The number of hydrogen-bond donors (Lipinski definition) is 1. The molecule has 0 spiro atoms. The Labute approximate surface area is 168 Å². The Morgan fingerprint density at radius 3 is 2.46 bits per heavy atom. The highest BCUT2D eigenvalue weighted by molar-refractivity contribution is 7.14. The number of anilines is 1. The van der Waals surface area contributed by atoms with Crippen molar-refractivity contribution in [2.75, 3.05) is 11.4 Å². The average Bonchev–Trinajstić information content (AvgIpc) is 3.13. The standard InChI is InChI=1S/C20H25N3O4S/c1-5-23(14(4)24)20-21-16(12-28-20)11-27-19(26)17(13(2)3)22-18(25)15-9-7-6-8-10-15/h6-10,12-13,17H,5,11H2,1-4H3,(H,22,25)/t17-/m0/s1. The number of rotatable bonds is 8. The van der Waals surface area contributed by atoms with Crippen LogP contribution in [0.5, 0.6) is 0 Å². The number of benzene rings is 1. The van der Waals surface area contributed by atoms with Gasteiger partial charge < -0.3 is 10.1 Å². The highest BCUT2D eigenvalue weighted by Crippen LogP contribution is 2.21. The molecule has 0 aliphatic carbocycles. The molecule has 1 aromatic heterocycles. The summed E-state index contributed by atoms with van der Waals surface area (Å²) in [6, 6.07) is 7.94. The molecule has 28 heavy (non-hydrogen) atoms.